The topological polar surface area (TPSA) is 52.6 Å². The fourth-order valence-corrected chi connectivity index (χ4v) is 4.00. The Balaban J connectivity index is 2.17. The molecule has 0 N–H and O–H groups in total. The van der Waals surface area contributed by atoms with Crippen LogP contribution < -0.4 is 10.0 Å². The van der Waals surface area contributed by atoms with Gasteiger partial charge in [0, 0.05) is 12.4 Å². The number of hydrogen-bond acceptors (Lipinski definition) is 4. The molecule has 1 aromatic carbocycles. The monoisotopic (exact) mass is 380 g/mol. The molecular weight excluding hydrogens is 347 g/mol. The number of rotatable bonds is 15. The summed E-state index contributed by atoms with van der Waals surface area (Å²) in [5.74, 6) is 3.24. The Morgan fingerprint density at radius 2 is 1.46 bits per heavy atom. The van der Waals surface area contributed by atoms with Gasteiger partial charge in [-0.2, -0.15) is 0 Å². The van der Waals surface area contributed by atoms with Crippen LogP contribution in [0.4, 0.5) is 0 Å². The molecule has 0 aliphatic carbocycles. The molecule has 0 aliphatic rings. The van der Waals surface area contributed by atoms with Gasteiger partial charge in [-0.3, -0.25) is 4.57 Å². The molecule has 0 saturated heterocycles. The lowest BCUT2D eigenvalue weighted by Gasteiger charge is -2.12. The molecule has 1 atom stereocenters. The SMILES string of the molecule is CCCCCCCCCCCCOc1ccc(P(=O)(C=C=O)OC)cc1. The molecule has 1 unspecified atom stereocenters. The van der Waals surface area contributed by atoms with Crippen molar-refractivity contribution < 1.29 is 18.6 Å². The van der Waals surface area contributed by atoms with E-state index in [0.29, 0.717) is 11.9 Å². The second-order valence-electron chi connectivity index (χ2n) is 6.55. The van der Waals surface area contributed by atoms with E-state index >= 15 is 0 Å². The Kier molecular flexibility index (Phi) is 12.1. The van der Waals surface area contributed by atoms with E-state index in [-0.39, 0.29) is 0 Å². The van der Waals surface area contributed by atoms with Gasteiger partial charge in [0.2, 0.25) is 0 Å². The fourth-order valence-electron chi connectivity index (χ4n) is 2.83. The Morgan fingerprint density at radius 1 is 0.923 bits per heavy atom. The van der Waals surface area contributed by atoms with E-state index in [9.17, 15) is 9.36 Å². The zero-order valence-electron chi connectivity index (χ0n) is 16.2. The van der Waals surface area contributed by atoms with Gasteiger partial charge in [0.05, 0.1) is 12.4 Å². The smallest absolute Gasteiger partial charge is 0.264 e. The molecule has 0 bridgehead atoms. The van der Waals surface area contributed by atoms with E-state index in [2.05, 4.69) is 6.92 Å². The Hall–Kier alpha value is -1.34. The normalized spacial score (nSPS) is 13.0. The number of carbonyl (C=O) groups excluding carboxylic acids is 1. The first-order valence-electron chi connectivity index (χ1n) is 9.77. The van der Waals surface area contributed by atoms with E-state index < -0.39 is 7.37 Å². The minimum Gasteiger partial charge on any atom is -0.494 e. The Bertz CT molecular complexity index is 576. The second kappa shape index (κ2) is 13.8. The van der Waals surface area contributed by atoms with E-state index in [4.69, 9.17) is 9.26 Å². The highest BCUT2D eigenvalue weighted by molar-refractivity contribution is 7.70. The average molecular weight is 380 g/mol. The molecule has 5 heteroatoms. The predicted molar refractivity (Wildman–Crippen MR) is 108 cm³/mol. The van der Waals surface area contributed by atoms with Crippen molar-refractivity contribution in [2.45, 2.75) is 71.1 Å². The summed E-state index contributed by atoms with van der Waals surface area (Å²) in [5.41, 5.74) is 0. The molecule has 0 spiro atoms. The van der Waals surface area contributed by atoms with Gasteiger partial charge in [0.15, 0.2) is 0 Å². The lowest BCUT2D eigenvalue weighted by Crippen LogP contribution is -2.05. The number of ether oxygens (including phenoxy) is 1. The van der Waals surface area contributed by atoms with Crippen LogP contribution >= 0.6 is 7.37 Å². The highest BCUT2D eigenvalue weighted by Crippen LogP contribution is 2.45. The molecule has 0 saturated carbocycles. The van der Waals surface area contributed by atoms with Crippen LogP contribution in [0.25, 0.3) is 0 Å². The van der Waals surface area contributed by atoms with Gasteiger partial charge >= 0.3 is 0 Å². The lowest BCUT2D eigenvalue weighted by molar-refractivity contribution is 0.304. The number of hydrogen-bond donors (Lipinski definition) is 0. The first-order valence-corrected chi connectivity index (χ1v) is 11.5. The molecule has 146 valence electrons. The van der Waals surface area contributed by atoms with Gasteiger partial charge in [0.25, 0.3) is 7.37 Å². The van der Waals surface area contributed by atoms with Crippen LogP contribution in [-0.4, -0.2) is 19.7 Å². The van der Waals surface area contributed by atoms with Gasteiger partial charge in [0.1, 0.15) is 11.7 Å². The first kappa shape index (κ1) is 22.7. The zero-order valence-corrected chi connectivity index (χ0v) is 17.1. The summed E-state index contributed by atoms with van der Waals surface area (Å²) in [6.45, 7) is 2.94. The fraction of sp³-hybridized carbons (Fsp3) is 0.619. The molecule has 0 radical (unpaired) electrons. The van der Waals surface area contributed by atoms with Crippen molar-refractivity contribution in [3.05, 3.63) is 30.1 Å². The highest BCUT2D eigenvalue weighted by Gasteiger charge is 2.21. The van der Waals surface area contributed by atoms with Crippen molar-refractivity contribution >= 4 is 18.6 Å². The number of unbranched alkanes of at least 4 members (excludes halogenated alkanes) is 9. The van der Waals surface area contributed by atoms with Gasteiger partial charge in [-0.1, -0.05) is 64.7 Å². The van der Waals surface area contributed by atoms with Crippen LogP contribution in [0.15, 0.2) is 30.1 Å². The van der Waals surface area contributed by atoms with Crippen molar-refractivity contribution in [3.63, 3.8) is 0 Å². The summed E-state index contributed by atoms with van der Waals surface area (Å²) < 4.78 is 23.1. The summed E-state index contributed by atoms with van der Waals surface area (Å²) in [4.78, 5) is 10.5. The largest absolute Gasteiger partial charge is 0.494 e. The van der Waals surface area contributed by atoms with Gasteiger partial charge in [-0.15, -0.1) is 0 Å². The standard InChI is InChI=1S/C21H33O4P/c1-3-4-5-6-7-8-9-10-11-12-18-25-20-13-15-21(16-14-20)26(23,24-2)19-17-22/h13-16,19H,3-12,18H2,1-2H3. The molecule has 0 aliphatic heterocycles. The second-order valence-corrected chi connectivity index (χ2v) is 8.88. The molecule has 0 fully saturated rings. The Labute approximate surface area is 158 Å². The molecular formula is C21H33O4P. The maximum atomic E-state index is 12.4. The van der Waals surface area contributed by atoms with Gasteiger partial charge in [-0.25, -0.2) is 4.79 Å². The number of benzene rings is 1. The maximum Gasteiger partial charge on any atom is 0.264 e. The van der Waals surface area contributed by atoms with Gasteiger partial charge < -0.3 is 9.26 Å². The molecule has 0 heterocycles. The van der Waals surface area contributed by atoms with Crippen LogP contribution in [0.3, 0.4) is 0 Å². The summed E-state index contributed by atoms with van der Waals surface area (Å²) in [6, 6.07) is 6.86. The third kappa shape index (κ3) is 8.85. The third-order valence-electron chi connectivity index (χ3n) is 4.46. The molecule has 1 rings (SSSR count). The van der Waals surface area contributed by atoms with Crippen LogP contribution in [0.2, 0.25) is 0 Å². The van der Waals surface area contributed by atoms with E-state index in [0.717, 1.165) is 18.0 Å². The lowest BCUT2D eigenvalue weighted by atomic mass is 10.1. The molecule has 4 nitrogen and oxygen atoms in total. The Morgan fingerprint density at radius 3 is 1.96 bits per heavy atom. The first-order chi connectivity index (χ1) is 12.7. The third-order valence-corrected chi connectivity index (χ3v) is 6.46. The van der Waals surface area contributed by atoms with E-state index in [1.807, 2.05) is 0 Å². The maximum absolute atomic E-state index is 12.4. The molecule has 0 aromatic heterocycles. The summed E-state index contributed by atoms with van der Waals surface area (Å²) >= 11 is 0. The van der Waals surface area contributed by atoms with Gasteiger partial charge in [-0.05, 0) is 30.7 Å². The van der Waals surface area contributed by atoms with Crippen molar-refractivity contribution in [1.29, 1.82) is 0 Å². The van der Waals surface area contributed by atoms with Crippen molar-refractivity contribution in [3.8, 4) is 5.75 Å². The van der Waals surface area contributed by atoms with Crippen molar-refractivity contribution in [2.75, 3.05) is 13.7 Å². The van der Waals surface area contributed by atoms with Crippen LogP contribution in [0.1, 0.15) is 71.1 Å². The van der Waals surface area contributed by atoms with Crippen LogP contribution in [0.5, 0.6) is 5.75 Å². The molecule has 1 aromatic rings. The van der Waals surface area contributed by atoms with Crippen LogP contribution in [-0.2, 0) is 13.9 Å². The summed E-state index contributed by atoms with van der Waals surface area (Å²) in [6.07, 6.45) is 13.0. The predicted octanol–water partition coefficient (Wildman–Crippen LogP) is 5.88. The quantitative estimate of drug-likeness (QED) is 0.216. The minimum absolute atomic E-state index is 0.467. The summed E-state index contributed by atoms with van der Waals surface area (Å²) in [5, 5.41) is 0.467. The minimum atomic E-state index is -3.23. The molecule has 26 heavy (non-hydrogen) atoms. The highest BCUT2D eigenvalue weighted by atomic mass is 31.2. The van der Waals surface area contributed by atoms with Crippen LogP contribution in [0, 0.1) is 0 Å². The van der Waals surface area contributed by atoms with Crippen molar-refractivity contribution in [2.24, 2.45) is 0 Å². The molecule has 0 amide bonds. The average Bonchev–Trinajstić information content (AvgIpc) is 2.66. The van der Waals surface area contributed by atoms with E-state index in [1.165, 1.54) is 64.9 Å². The summed E-state index contributed by atoms with van der Waals surface area (Å²) in [7, 11) is -1.91. The van der Waals surface area contributed by atoms with Crippen molar-refractivity contribution in [1.82, 2.24) is 0 Å². The van der Waals surface area contributed by atoms with E-state index in [1.54, 1.807) is 30.2 Å². The zero-order chi connectivity index (χ0) is 19.1.